The van der Waals surface area contributed by atoms with E-state index in [9.17, 15) is 0 Å². The molecule has 0 bridgehead atoms. The van der Waals surface area contributed by atoms with Crippen molar-refractivity contribution >= 4 is 0 Å². The number of hydrogen-bond acceptors (Lipinski definition) is 1. The maximum absolute atomic E-state index is 3.58. The number of rotatable bonds is 7. The molecule has 78 valence electrons. The molecule has 0 aromatic rings. The average molecular weight is 183 g/mol. The molecule has 1 aliphatic rings. The molecule has 0 radical (unpaired) electrons. The van der Waals surface area contributed by atoms with Crippen molar-refractivity contribution in [2.45, 2.75) is 52.9 Å². The average Bonchev–Trinajstić information content (AvgIpc) is 2.87. The van der Waals surface area contributed by atoms with E-state index in [-0.39, 0.29) is 0 Å². The Kier molecular flexibility index (Phi) is 4.24. The third-order valence-corrected chi connectivity index (χ3v) is 3.34. The minimum atomic E-state index is 0.601. The fourth-order valence-corrected chi connectivity index (χ4v) is 2.34. The lowest BCUT2D eigenvalue weighted by Gasteiger charge is -2.29. The van der Waals surface area contributed by atoms with Crippen molar-refractivity contribution in [1.29, 1.82) is 0 Å². The summed E-state index contributed by atoms with van der Waals surface area (Å²) in [6.45, 7) is 9.43. The molecule has 0 spiro atoms. The minimum absolute atomic E-state index is 0.601. The highest BCUT2D eigenvalue weighted by Gasteiger charge is 2.39. The second-order valence-corrected chi connectivity index (χ2v) is 4.86. The molecule has 0 aromatic heterocycles. The van der Waals surface area contributed by atoms with Gasteiger partial charge in [-0.05, 0) is 43.6 Å². The van der Waals surface area contributed by atoms with Crippen LogP contribution in [-0.2, 0) is 0 Å². The Labute approximate surface area is 83.3 Å². The van der Waals surface area contributed by atoms with Gasteiger partial charge < -0.3 is 5.32 Å². The van der Waals surface area contributed by atoms with Crippen LogP contribution in [0, 0.1) is 11.3 Å². The van der Waals surface area contributed by atoms with Gasteiger partial charge in [-0.15, -0.1) is 0 Å². The van der Waals surface area contributed by atoms with Gasteiger partial charge in [-0.25, -0.2) is 0 Å². The van der Waals surface area contributed by atoms with Crippen molar-refractivity contribution in [3.05, 3.63) is 0 Å². The van der Waals surface area contributed by atoms with Crippen LogP contribution in [0.3, 0.4) is 0 Å². The van der Waals surface area contributed by atoms with E-state index in [0.29, 0.717) is 5.41 Å². The Balaban J connectivity index is 2.28. The fraction of sp³-hybridized carbons (Fsp3) is 1.00. The highest BCUT2D eigenvalue weighted by Crippen LogP contribution is 2.47. The summed E-state index contributed by atoms with van der Waals surface area (Å²) < 4.78 is 0. The molecule has 0 aliphatic heterocycles. The molecule has 1 saturated carbocycles. The van der Waals surface area contributed by atoms with Crippen molar-refractivity contribution < 1.29 is 0 Å². The Morgan fingerprint density at radius 3 is 2.38 bits per heavy atom. The molecule has 1 unspecified atom stereocenters. The van der Waals surface area contributed by atoms with Gasteiger partial charge in [-0.1, -0.05) is 27.2 Å². The van der Waals surface area contributed by atoms with Crippen LogP contribution in [0.5, 0.6) is 0 Å². The largest absolute Gasteiger partial charge is 0.316 e. The predicted molar refractivity (Wildman–Crippen MR) is 58.9 cm³/mol. The molecule has 0 heterocycles. The third-order valence-electron chi connectivity index (χ3n) is 3.34. The molecular formula is C12H25N. The zero-order chi connectivity index (χ0) is 9.73. The summed E-state index contributed by atoms with van der Waals surface area (Å²) in [6, 6.07) is 0. The lowest BCUT2D eigenvalue weighted by molar-refractivity contribution is 0.235. The lowest BCUT2D eigenvalue weighted by Crippen LogP contribution is -2.34. The topological polar surface area (TPSA) is 12.0 Å². The summed E-state index contributed by atoms with van der Waals surface area (Å²) in [6.07, 6.45) is 6.94. The van der Waals surface area contributed by atoms with E-state index in [1.807, 2.05) is 0 Å². The molecule has 0 amide bonds. The van der Waals surface area contributed by atoms with Crippen molar-refractivity contribution in [1.82, 2.24) is 5.32 Å². The van der Waals surface area contributed by atoms with Gasteiger partial charge in [-0.2, -0.15) is 0 Å². The minimum Gasteiger partial charge on any atom is -0.316 e. The molecular weight excluding hydrogens is 158 g/mol. The van der Waals surface area contributed by atoms with Crippen molar-refractivity contribution in [3.63, 3.8) is 0 Å². The van der Waals surface area contributed by atoms with Crippen molar-refractivity contribution in [3.8, 4) is 0 Å². The van der Waals surface area contributed by atoms with Crippen LogP contribution < -0.4 is 5.32 Å². The predicted octanol–water partition coefficient (Wildman–Crippen LogP) is 3.20. The number of nitrogens with one attached hydrogen (secondary N) is 1. The molecule has 1 N–H and O–H groups in total. The van der Waals surface area contributed by atoms with Crippen molar-refractivity contribution in [2.24, 2.45) is 11.3 Å². The Morgan fingerprint density at radius 2 is 1.92 bits per heavy atom. The fourth-order valence-electron chi connectivity index (χ4n) is 2.34. The van der Waals surface area contributed by atoms with Gasteiger partial charge in [0.15, 0.2) is 0 Å². The summed E-state index contributed by atoms with van der Waals surface area (Å²) in [7, 11) is 0. The van der Waals surface area contributed by atoms with E-state index in [4.69, 9.17) is 0 Å². The van der Waals surface area contributed by atoms with Crippen LogP contribution in [0.15, 0.2) is 0 Å². The zero-order valence-electron chi connectivity index (χ0n) is 9.53. The van der Waals surface area contributed by atoms with E-state index < -0.39 is 0 Å². The maximum atomic E-state index is 3.58. The summed E-state index contributed by atoms with van der Waals surface area (Å²) >= 11 is 0. The van der Waals surface area contributed by atoms with Crippen molar-refractivity contribution in [2.75, 3.05) is 13.1 Å². The van der Waals surface area contributed by atoms with Crippen LogP contribution in [0.25, 0.3) is 0 Å². The van der Waals surface area contributed by atoms with Gasteiger partial charge in [0.1, 0.15) is 0 Å². The molecule has 1 aliphatic carbocycles. The summed E-state index contributed by atoms with van der Waals surface area (Å²) in [5.41, 5.74) is 0.601. The molecule has 1 fully saturated rings. The lowest BCUT2D eigenvalue weighted by atomic mass is 9.80. The van der Waals surface area contributed by atoms with Gasteiger partial charge in [0.05, 0.1) is 0 Å². The first-order chi connectivity index (χ1) is 6.23. The van der Waals surface area contributed by atoms with E-state index in [2.05, 4.69) is 26.1 Å². The van der Waals surface area contributed by atoms with Crippen LogP contribution >= 0.6 is 0 Å². The second-order valence-electron chi connectivity index (χ2n) is 4.86. The Morgan fingerprint density at radius 1 is 1.23 bits per heavy atom. The van der Waals surface area contributed by atoms with Crippen LogP contribution in [0.1, 0.15) is 52.9 Å². The monoisotopic (exact) mass is 183 g/mol. The smallest absolute Gasteiger partial charge is 0.000781 e. The van der Waals surface area contributed by atoms with Crippen LogP contribution in [0.2, 0.25) is 0 Å². The van der Waals surface area contributed by atoms with E-state index in [1.165, 1.54) is 45.2 Å². The number of hydrogen-bond donors (Lipinski definition) is 1. The summed E-state index contributed by atoms with van der Waals surface area (Å²) in [5.74, 6) is 1.02. The molecule has 1 rings (SSSR count). The molecule has 0 aromatic carbocycles. The van der Waals surface area contributed by atoms with Gasteiger partial charge >= 0.3 is 0 Å². The summed E-state index contributed by atoms with van der Waals surface area (Å²) in [4.78, 5) is 0. The second kappa shape index (κ2) is 4.99. The first-order valence-electron chi connectivity index (χ1n) is 5.93. The highest BCUT2D eigenvalue weighted by atomic mass is 14.9. The molecule has 1 heteroatoms. The summed E-state index contributed by atoms with van der Waals surface area (Å²) in [5, 5.41) is 3.58. The Bertz CT molecular complexity index is 140. The molecule has 1 atom stereocenters. The molecule has 0 saturated heterocycles. The quantitative estimate of drug-likeness (QED) is 0.598. The maximum Gasteiger partial charge on any atom is 0.000781 e. The van der Waals surface area contributed by atoms with Gasteiger partial charge in [0.2, 0.25) is 0 Å². The normalized spacial score (nSPS) is 21.5. The highest BCUT2D eigenvalue weighted by molar-refractivity contribution is 4.92. The van der Waals surface area contributed by atoms with Crippen LogP contribution in [0.4, 0.5) is 0 Å². The molecule has 1 nitrogen and oxygen atoms in total. The molecule has 13 heavy (non-hydrogen) atoms. The first kappa shape index (κ1) is 11.0. The van der Waals surface area contributed by atoms with E-state index in [0.717, 1.165) is 5.92 Å². The van der Waals surface area contributed by atoms with Gasteiger partial charge in [0, 0.05) is 6.54 Å². The standard InChI is InChI=1S/C12H25N/c1-4-8-12(3,11-6-7-11)10-13-9-5-2/h11,13H,4-10H2,1-3H3. The SMILES string of the molecule is CCCNCC(C)(CCC)C1CC1. The van der Waals surface area contributed by atoms with E-state index >= 15 is 0 Å². The zero-order valence-corrected chi connectivity index (χ0v) is 9.53. The first-order valence-corrected chi connectivity index (χ1v) is 5.93. The van der Waals surface area contributed by atoms with E-state index in [1.54, 1.807) is 0 Å². The van der Waals surface area contributed by atoms with Gasteiger partial charge in [-0.3, -0.25) is 0 Å². The third kappa shape index (κ3) is 3.30. The van der Waals surface area contributed by atoms with Crippen LogP contribution in [-0.4, -0.2) is 13.1 Å². The van der Waals surface area contributed by atoms with Gasteiger partial charge in [0.25, 0.3) is 0 Å². The Hall–Kier alpha value is -0.0400.